The summed E-state index contributed by atoms with van der Waals surface area (Å²) >= 11 is 0. The number of aromatic nitrogens is 1. The summed E-state index contributed by atoms with van der Waals surface area (Å²) in [6.07, 6.45) is 0. The van der Waals surface area contributed by atoms with E-state index in [1.165, 1.54) is 7.11 Å². The van der Waals surface area contributed by atoms with E-state index < -0.39 is 5.97 Å². The second-order valence-electron chi connectivity index (χ2n) is 2.93. The SMILES string of the molecule is COC(=O)C(=[N+]=[N-])c1nc2ccccc2o1. The van der Waals surface area contributed by atoms with Crippen LogP contribution in [0.5, 0.6) is 0 Å². The molecule has 0 radical (unpaired) electrons. The molecule has 2 rings (SSSR count). The van der Waals surface area contributed by atoms with Gasteiger partial charge in [-0.05, 0) is 12.1 Å². The Labute approximate surface area is 90.1 Å². The number of ether oxygens (including phenoxy) is 1. The molecule has 6 heteroatoms. The van der Waals surface area contributed by atoms with Crippen molar-refractivity contribution in [2.24, 2.45) is 0 Å². The highest BCUT2D eigenvalue weighted by Gasteiger charge is 2.29. The quantitative estimate of drug-likeness (QED) is 0.325. The third kappa shape index (κ3) is 1.57. The number of rotatable bonds is 2. The molecule has 6 nitrogen and oxygen atoms in total. The molecule has 0 atom stereocenters. The number of benzene rings is 1. The van der Waals surface area contributed by atoms with Crippen LogP contribution in [0.4, 0.5) is 0 Å². The van der Waals surface area contributed by atoms with E-state index in [4.69, 9.17) is 9.95 Å². The Balaban J connectivity index is 2.55. The van der Waals surface area contributed by atoms with Crippen LogP contribution in [0.3, 0.4) is 0 Å². The van der Waals surface area contributed by atoms with Crippen molar-refractivity contribution in [2.75, 3.05) is 7.11 Å². The zero-order chi connectivity index (χ0) is 11.5. The molecule has 0 unspecified atom stereocenters. The van der Waals surface area contributed by atoms with Gasteiger partial charge >= 0.3 is 17.6 Å². The van der Waals surface area contributed by atoms with Gasteiger partial charge < -0.3 is 14.7 Å². The monoisotopic (exact) mass is 217 g/mol. The van der Waals surface area contributed by atoms with Crippen LogP contribution in [0.2, 0.25) is 0 Å². The molecule has 16 heavy (non-hydrogen) atoms. The molecule has 0 spiro atoms. The Bertz CT molecular complexity index is 563. The zero-order valence-corrected chi connectivity index (χ0v) is 8.38. The number of fused-ring (bicyclic) bond motifs is 1. The molecule has 1 aromatic heterocycles. The number of methoxy groups -OCH3 is 1. The fraction of sp³-hybridized carbons (Fsp3) is 0.100. The molecule has 1 heterocycles. The number of carbonyl (C=O) groups is 1. The van der Waals surface area contributed by atoms with Crippen LogP contribution >= 0.6 is 0 Å². The Morgan fingerprint density at radius 1 is 1.50 bits per heavy atom. The summed E-state index contributed by atoms with van der Waals surface area (Å²) < 4.78 is 9.67. The highest BCUT2D eigenvalue weighted by Crippen LogP contribution is 2.14. The summed E-state index contributed by atoms with van der Waals surface area (Å²) in [7, 11) is 1.18. The van der Waals surface area contributed by atoms with Crippen molar-refractivity contribution >= 4 is 22.8 Å². The topological polar surface area (TPSA) is 88.7 Å². The van der Waals surface area contributed by atoms with Gasteiger partial charge in [0.15, 0.2) is 5.58 Å². The van der Waals surface area contributed by atoms with E-state index in [1.54, 1.807) is 24.3 Å². The molecule has 1 aromatic carbocycles. The van der Waals surface area contributed by atoms with Crippen LogP contribution in [-0.4, -0.2) is 28.6 Å². The molecule has 0 fully saturated rings. The molecule has 0 saturated heterocycles. The normalized spacial score (nSPS) is 9.81. The number of oxazole rings is 1. The predicted octanol–water partition coefficient (Wildman–Crippen LogP) is 1.02. The van der Waals surface area contributed by atoms with Gasteiger partial charge in [0.2, 0.25) is 0 Å². The third-order valence-electron chi connectivity index (χ3n) is 1.98. The molecule has 2 aromatic rings. The van der Waals surface area contributed by atoms with Crippen LogP contribution in [0, 0.1) is 0 Å². The van der Waals surface area contributed by atoms with Crippen LogP contribution in [-0.2, 0) is 9.53 Å². The Morgan fingerprint density at radius 3 is 2.88 bits per heavy atom. The molecule has 0 saturated carbocycles. The van der Waals surface area contributed by atoms with Crippen molar-refractivity contribution in [3.63, 3.8) is 0 Å². The van der Waals surface area contributed by atoms with E-state index >= 15 is 0 Å². The summed E-state index contributed by atoms with van der Waals surface area (Å²) in [5.41, 5.74) is 9.41. The first kappa shape index (κ1) is 10.1. The first-order chi connectivity index (χ1) is 7.76. The van der Waals surface area contributed by atoms with Gasteiger partial charge in [0.1, 0.15) is 5.52 Å². The summed E-state index contributed by atoms with van der Waals surface area (Å²) in [6.45, 7) is 0. The average Bonchev–Trinajstić information content (AvgIpc) is 2.72. The molecule has 0 aliphatic rings. The fourth-order valence-corrected chi connectivity index (χ4v) is 1.24. The van der Waals surface area contributed by atoms with Crippen molar-refractivity contribution in [2.45, 2.75) is 0 Å². The van der Waals surface area contributed by atoms with Gasteiger partial charge in [-0.3, -0.25) is 0 Å². The fourth-order valence-electron chi connectivity index (χ4n) is 1.24. The van der Waals surface area contributed by atoms with E-state index in [0.29, 0.717) is 11.1 Å². The van der Waals surface area contributed by atoms with Crippen molar-refractivity contribution < 1.29 is 18.7 Å². The van der Waals surface area contributed by atoms with Gasteiger partial charge in [-0.15, -0.1) is 0 Å². The van der Waals surface area contributed by atoms with Gasteiger partial charge in [-0.1, -0.05) is 12.1 Å². The molecule has 0 aliphatic carbocycles. The number of hydrogen-bond acceptors (Lipinski definition) is 4. The molecule has 0 bridgehead atoms. The minimum absolute atomic E-state index is 0.0736. The number of nitrogens with zero attached hydrogens (tertiary/aromatic N) is 3. The second-order valence-corrected chi connectivity index (χ2v) is 2.93. The highest BCUT2D eigenvalue weighted by molar-refractivity contribution is 6.39. The van der Waals surface area contributed by atoms with E-state index in [9.17, 15) is 4.79 Å². The van der Waals surface area contributed by atoms with Crippen LogP contribution < -0.4 is 0 Å². The lowest BCUT2D eigenvalue weighted by Crippen LogP contribution is -2.18. The van der Waals surface area contributed by atoms with Crippen LogP contribution in [0.25, 0.3) is 16.6 Å². The number of hydrogen-bond donors (Lipinski definition) is 0. The summed E-state index contributed by atoms with van der Waals surface area (Å²) in [4.78, 5) is 18.0. The van der Waals surface area contributed by atoms with Gasteiger partial charge in [0.25, 0.3) is 0 Å². The molecule has 80 valence electrons. The lowest BCUT2D eigenvalue weighted by Gasteiger charge is -1.88. The maximum Gasteiger partial charge on any atom is 0.460 e. The lowest BCUT2D eigenvalue weighted by molar-refractivity contribution is -0.137. The summed E-state index contributed by atoms with van der Waals surface area (Å²) in [5, 5.41) is 0. The maximum atomic E-state index is 11.2. The molecular formula is C10H7N3O3. The van der Waals surface area contributed by atoms with E-state index in [0.717, 1.165) is 0 Å². The maximum absolute atomic E-state index is 11.2. The third-order valence-corrected chi connectivity index (χ3v) is 1.98. The Morgan fingerprint density at radius 2 is 2.25 bits per heavy atom. The van der Waals surface area contributed by atoms with Crippen molar-refractivity contribution in [1.29, 1.82) is 0 Å². The molecule has 0 amide bonds. The highest BCUT2D eigenvalue weighted by atomic mass is 16.5. The first-order valence-electron chi connectivity index (χ1n) is 4.42. The second kappa shape index (κ2) is 3.96. The molecule has 0 N–H and O–H groups in total. The summed E-state index contributed by atoms with van der Waals surface area (Å²) in [5.74, 6) is -0.885. The Hall–Kier alpha value is -2.46. The minimum atomic E-state index is -0.811. The predicted molar refractivity (Wildman–Crippen MR) is 53.8 cm³/mol. The minimum Gasteiger partial charge on any atom is -0.460 e. The number of carbonyl (C=O) groups excluding carboxylic acids is 1. The van der Waals surface area contributed by atoms with E-state index in [2.05, 4.69) is 14.5 Å². The van der Waals surface area contributed by atoms with Crippen molar-refractivity contribution in [3.05, 3.63) is 35.7 Å². The average molecular weight is 217 g/mol. The van der Waals surface area contributed by atoms with Crippen LogP contribution in [0.1, 0.15) is 5.89 Å². The zero-order valence-electron chi connectivity index (χ0n) is 8.38. The standard InChI is InChI=1S/C10H7N3O3/c1-15-10(14)8(13-11)9-12-6-4-2-3-5-7(6)16-9/h2-5H,1H3. The van der Waals surface area contributed by atoms with Gasteiger partial charge in [0.05, 0.1) is 7.11 Å². The van der Waals surface area contributed by atoms with Gasteiger partial charge in [-0.2, -0.15) is 4.79 Å². The largest absolute Gasteiger partial charge is 0.460 e. The smallest absolute Gasteiger partial charge is 0.460 e. The Kier molecular flexibility index (Phi) is 2.49. The number of esters is 1. The summed E-state index contributed by atoms with van der Waals surface area (Å²) in [6, 6.07) is 6.96. The first-order valence-corrected chi connectivity index (χ1v) is 4.42. The van der Waals surface area contributed by atoms with E-state index in [1.807, 2.05) is 0 Å². The number of para-hydroxylation sites is 2. The van der Waals surface area contributed by atoms with Crippen molar-refractivity contribution in [1.82, 2.24) is 4.98 Å². The van der Waals surface area contributed by atoms with Gasteiger partial charge in [0, 0.05) is 0 Å². The molecular weight excluding hydrogens is 210 g/mol. The van der Waals surface area contributed by atoms with Crippen LogP contribution in [0.15, 0.2) is 28.7 Å². The van der Waals surface area contributed by atoms with Crippen molar-refractivity contribution in [3.8, 4) is 0 Å². The lowest BCUT2D eigenvalue weighted by atomic mass is 10.3. The molecule has 0 aliphatic heterocycles. The van der Waals surface area contributed by atoms with Gasteiger partial charge in [-0.25, -0.2) is 9.78 Å². The van der Waals surface area contributed by atoms with E-state index in [-0.39, 0.29) is 11.6 Å².